The van der Waals surface area contributed by atoms with Crippen LogP contribution in [0.4, 0.5) is 0 Å². The zero-order valence-electron chi connectivity index (χ0n) is 9.97. The number of imidazole rings is 1. The van der Waals surface area contributed by atoms with Crippen LogP contribution < -0.4 is 0 Å². The van der Waals surface area contributed by atoms with Gasteiger partial charge in [0.05, 0.1) is 11.6 Å². The molecular formula is C11H11BrClN3O2S. The minimum atomic E-state index is -3.64. The molecule has 0 saturated carbocycles. The number of nitrogens with one attached hydrogen (secondary N) is 1. The van der Waals surface area contributed by atoms with Crippen LogP contribution in [-0.2, 0) is 16.6 Å². The molecule has 0 fully saturated rings. The fraction of sp³-hybridized carbons (Fsp3) is 0.182. The van der Waals surface area contributed by atoms with E-state index in [1.165, 1.54) is 17.4 Å². The van der Waals surface area contributed by atoms with Crippen LogP contribution in [0.2, 0.25) is 5.02 Å². The zero-order valence-corrected chi connectivity index (χ0v) is 13.1. The zero-order chi connectivity index (χ0) is 14.0. The molecule has 0 aliphatic rings. The predicted molar refractivity (Wildman–Crippen MR) is 76.4 cm³/mol. The average molecular weight is 365 g/mol. The summed E-state index contributed by atoms with van der Waals surface area (Å²) in [6.07, 6.45) is 3.21. The van der Waals surface area contributed by atoms with E-state index in [9.17, 15) is 8.42 Å². The van der Waals surface area contributed by atoms with Gasteiger partial charge in [0.2, 0.25) is 10.0 Å². The van der Waals surface area contributed by atoms with E-state index in [-0.39, 0.29) is 16.5 Å². The first-order valence-electron chi connectivity index (χ1n) is 5.31. The molecule has 0 bridgehead atoms. The van der Waals surface area contributed by atoms with Gasteiger partial charge in [-0.1, -0.05) is 27.5 Å². The van der Waals surface area contributed by atoms with Crippen LogP contribution in [0.5, 0.6) is 0 Å². The number of aromatic nitrogens is 2. The number of hydrogen-bond donors (Lipinski definition) is 1. The second-order valence-electron chi connectivity index (χ2n) is 3.87. The van der Waals surface area contributed by atoms with E-state index < -0.39 is 10.0 Å². The van der Waals surface area contributed by atoms with Crippen LogP contribution in [-0.4, -0.2) is 29.7 Å². The molecule has 8 heteroatoms. The van der Waals surface area contributed by atoms with Crippen molar-refractivity contribution in [3.8, 4) is 0 Å². The number of hydrogen-bond acceptors (Lipinski definition) is 3. The molecule has 0 unspecified atom stereocenters. The first-order chi connectivity index (χ1) is 8.91. The molecule has 0 aliphatic heterocycles. The molecule has 0 amide bonds. The smallest absolute Gasteiger partial charge is 0.244 e. The van der Waals surface area contributed by atoms with Crippen LogP contribution in [0.25, 0.3) is 0 Å². The van der Waals surface area contributed by atoms with Gasteiger partial charge < -0.3 is 4.98 Å². The highest BCUT2D eigenvalue weighted by Crippen LogP contribution is 2.27. The van der Waals surface area contributed by atoms with Crippen LogP contribution in [0, 0.1) is 0 Å². The molecule has 0 atom stereocenters. The SMILES string of the molecule is CN(Cc1ncc[nH]1)S(=O)(=O)c1ccc(Br)cc1Cl. The molecule has 0 saturated heterocycles. The van der Waals surface area contributed by atoms with Gasteiger partial charge in [0.25, 0.3) is 0 Å². The van der Waals surface area contributed by atoms with Crippen LogP contribution in [0.3, 0.4) is 0 Å². The lowest BCUT2D eigenvalue weighted by molar-refractivity contribution is 0.458. The van der Waals surface area contributed by atoms with Gasteiger partial charge in [-0.25, -0.2) is 13.4 Å². The van der Waals surface area contributed by atoms with Crippen LogP contribution in [0.1, 0.15) is 5.82 Å². The first-order valence-corrected chi connectivity index (χ1v) is 7.92. The number of benzene rings is 1. The van der Waals surface area contributed by atoms with E-state index in [0.29, 0.717) is 5.82 Å². The van der Waals surface area contributed by atoms with Gasteiger partial charge in [-0.3, -0.25) is 0 Å². The number of H-pyrrole nitrogens is 1. The summed E-state index contributed by atoms with van der Waals surface area (Å²) >= 11 is 9.22. The van der Waals surface area contributed by atoms with Crippen LogP contribution in [0.15, 0.2) is 40.0 Å². The number of nitrogens with zero attached hydrogens (tertiary/aromatic N) is 2. The molecule has 5 nitrogen and oxygen atoms in total. The van der Waals surface area contributed by atoms with Crippen molar-refractivity contribution in [1.82, 2.24) is 14.3 Å². The molecule has 0 aliphatic carbocycles. The number of aromatic amines is 1. The molecule has 102 valence electrons. The van der Waals surface area contributed by atoms with Crippen LogP contribution >= 0.6 is 27.5 Å². The summed E-state index contributed by atoms with van der Waals surface area (Å²) in [4.78, 5) is 6.93. The maximum atomic E-state index is 12.4. The van der Waals surface area contributed by atoms with Gasteiger partial charge in [0.15, 0.2) is 0 Å². The maximum Gasteiger partial charge on any atom is 0.244 e. The molecule has 0 spiro atoms. The normalized spacial score (nSPS) is 12.0. The third-order valence-electron chi connectivity index (χ3n) is 2.51. The third-order valence-corrected chi connectivity index (χ3v) is 5.29. The highest BCUT2D eigenvalue weighted by atomic mass is 79.9. The molecule has 1 aromatic carbocycles. The molecule has 19 heavy (non-hydrogen) atoms. The fourth-order valence-corrected chi connectivity index (χ4v) is 3.67. The Bertz CT molecular complexity index is 673. The van der Waals surface area contributed by atoms with Crippen molar-refractivity contribution in [1.29, 1.82) is 0 Å². The highest BCUT2D eigenvalue weighted by molar-refractivity contribution is 9.10. The molecule has 0 radical (unpaired) electrons. The second-order valence-corrected chi connectivity index (χ2v) is 7.21. The van der Waals surface area contributed by atoms with Crippen molar-refractivity contribution in [3.63, 3.8) is 0 Å². The number of rotatable bonds is 4. The van der Waals surface area contributed by atoms with E-state index >= 15 is 0 Å². The van der Waals surface area contributed by atoms with E-state index in [1.807, 2.05) is 0 Å². The standard InChI is InChI=1S/C11H11BrClN3O2S/c1-16(7-11-14-4-5-15-11)19(17,18)10-3-2-8(12)6-9(10)13/h2-6H,7H2,1H3,(H,14,15). The summed E-state index contributed by atoms with van der Waals surface area (Å²) in [7, 11) is -2.16. The molecule has 2 rings (SSSR count). The van der Waals surface area contributed by atoms with Crippen molar-refractivity contribution in [2.24, 2.45) is 0 Å². The molecule has 1 N–H and O–H groups in total. The Hall–Kier alpha value is -0.890. The first kappa shape index (κ1) is 14.5. The number of sulfonamides is 1. The lowest BCUT2D eigenvalue weighted by atomic mass is 10.4. The fourth-order valence-electron chi connectivity index (χ4n) is 1.53. The maximum absolute atomic E-state index is 12.4. The van der Waals surface area contributed by atoms with Gasteiger partial charge >= 0.3 is 0 Å². The Kier molecular flexibility index (Phi) is 4.29. The molecule has 2 aromatic rings. The van der Waals surface area contributed by atoms with Crippen molar-refractivity contribution < 1.29 is 8.42 Å². The largest absolute Gasteiger partial charge is 0.347 e. The van der Waals surface area contributed by atoms with E-state index in [2.05, 4.69) is 25.9 Å². The highest BCUT2D eigenvalue weighted by Gasteiger charge is 2.24. The van der Waals surface area contributed by atoms with Crippen molar-refractivity contribution >= 4 is 37.6 Å². The van der Waals surface area contributed by atoms with Crippen molar-refractivity contribution in [2.75, 3.05) is 7.05 Å². The topological polar surface area (TPSA) is 66.1 Å². The van der Waals surface area contributed by atoms with E-state index in [1.54, 1.807) is 24.5 Å². The van der Waals surface area contributed by atoms with Gasteiger partial charge in [-0.15, -0.1) is 0 Å². The second kappa shape index (κ2) is 5.62. The summed E-state index contributed by atoms with van der Waals surface area (Å²) in [6.45, 7) is 0.154. The van der Waals surface area contributed by atoms with Gasteiger partial charge in [0.1, 0.15) is 10.7 Å². The third kappa shape index (κ3) is 3.17. The lowest BCUT2D eigenvalue weighted by Crippen LogP contribution is -2.27. The van der Waals surface area contributed by atoms with E-state index in [0.717, 1.165) is 4.47 Å². The Morgan fingerprint density at radius 1 is 1.47 bits per heavy atom. The van der Waals surface area contributed by atoms with Crippen molar-refractivity contribution in [3.05, 3.63) is 45.9 Å². The van der Waals surface area contributed by atoms with Gasteiger partial charge in [0, 0.05) is 23.9 Å². The summed E-state index contributed by atoms with van der Waals surface area (Å²) in [5, 5.41) is 0.181. The Labute approximate surface area is 124 Å². The lowest BCUT2D eigenvalue weighted by Gasteiger charge is -2.16. The summed E-state index contributed by atoms with van der Waals surface area (Å²) in [6, 6.07) is 4.66. The molecule has 1 heterocycles. The van der Waals surface area contributed by atoms with E-state index in [4.69, 9.17) is 11.6 Å². The van der Waals surface area contributed by atoms with Gasteiger partial charge in [-0.05, 0) is 18.2 Å². The minimum absolute atomic E-state index is 0.0754. The predicted octanol–water partition coefficient (Wildman–Crippen LogP) is 2.65. The molecular weight excluding hydrogens is 354 g/mol. The van der Waals surface area contributed by atoms with Crippen molar-refractivity contribution in [2.45, 2.75) is 11.4 Å². The Balaban J connectivity index is 2.31. The average Bonchev–Trinajstić information content (AvgIpc) is 2.81. The summed E-state index contributed by atoms with van der Waals surface area (Å²) in [5.74, 6) is 0.569. The minimum Gasteiger partial charge on any atom is -0.347 e. The Morgan fingerprint density at radius 3 is 2.79 bits per heavy atom. The Morgan fingerprint density at radius 2 is 2.21 bits per heavy atom. The van der Waals surface area contributed by atoms with Gasteiger partial charge in [-0.2, -0.15) is 4.31 Å². The quantitative estimate of drug-likeness (QED) is 0.907. The molecule has 1 aromatic heterocycles. The number of halogens is 2. The monoisotopic (exact) mass is 363 g/mol. The summed E-state index contributed by atoms with van der Waals surface area (Å²) < 4.78 is 26.7. The summed E-state index contributed by atoms with van der Waals surface area (Å²) in [5.41, 5.74) is 0.